The van der Waals surface area contributed by atoms with E-state index in [1.54, 1.807) is 19.4 Å². The van der Waals surface area contributed by atoms with Crippen molar-refractivity contribution in [3.05, 3.63) is 32.8 Å². The van der Waals surface area contributed by atoms with Crippen molar-refractivity contribution in [2.24, 2.45) is 0 Å². The summed E-state index contributed by atoms with van der Waals surface area (Å²) in [5.41, 5.74) is 3.92. The molecule has 0 bridgehead atoms. The zero-order valence-electron chi connectivity index (χ0n) is 14.0. The maximum Gasteiger partial charge on any atom is 0.461 e. The topological polar surface area (TPSA) is 66.1 Å². The van der Waals surface area contributed by atoms with Gasteiger partial charge in [-0.25, -0.2) is 4.79 Å². The zero-order chi connectivity index (χ0) is 16.9. The van der Waals surface area contributed by atoms with Crippen molar-refractivity contribution in [3.8, 4) is 11.5 Å². The first kappa shape index (κ1) is 15.9. The Balaban J connectivity index is 2.04. The highest BCUT2D eigenvalue weighted by molar-refractivity contribution is 7.08. The van der Waals surface area contributed by atoms with Gasteiger partial charge in [0.05, 0.1) is 0 Å². The first-order valence-corrected chi connectivity index (χ1v) is 8.50. The summed E-state index contributed by atoms with van der Waals surface area (Å²) < 4.78 is 7.51. The van der Waals surface area contributed by atoms with E-state index < -0.39 is 5.60 Å². The molecule has 23 heavy (non-hydrogen) atoms. The summed E-state index contributed by atoms with van der Waals surface area (Å²) >= 11 is 1.43. The predicted molar refractivity (Wildman–Crippen MR) is 85.1 cm³/mol. The molecule has 1 unspecified atom stereocenters. The Morgan fingerprint density at radius 2 is 2.00 bits per heavy atom. The number of ether oxygens (including phenoxy) is 1. The first-order chi connectivity index (χ1) is 10.7. The summed E-state index contributed by atoms with van der Waals surface area (Å²) in [7, 11) is 0. The summed E-state index contributed by atoms with van der Waals surface area (Å²) in [4.78, 5) is 12.8. The van der Waals surface area contributed by atoms with Crippen molar-refractivity contribution in [2.45, 2.75) is 53.1 Å². The van der Waals surface area contributed by atoms with Gasteiger partial charge in [-0.05, 0) is 56.8 Å². The largest absolute Gasteiger partial charge is 0.872 e. The Hall–Kier alpha value is -1.95. The number of hydrogen-bond donors (Lipinski definition) is 0. The van der Waals surface area contributed by atoms with Crippen LogP contribution in [0.4, 0.5) is 0 Å². The van der Waals surface area contributed by atoms with Gasteiger partial charge in [0.1, 0.15) is 5.75 Å². The first-order valence-electron chi connectivity index (χ1n) is 7.62. The molecule has 0 N–H and O–H groups in total. The highest BCUT2D eigenvalue weighted by atomic mass is 32.1. The number of rotatable bonds is 1. The summed E-state index contributed by atoms with van der Waals surface area (Å²) in [6.07, 6.45) is 1.19. The molecule has 2 heterocycles. The second-order valence-corrected chi connectivity index (χ2v) is 7.37. The minimum absolute atomic E-state index is 0.0734. The third kappa shape index (κ3) is 2.41. The van der Waals surface area contributed by atoms with Gasteiger partial charge in [-0.15, -0.1) is 5.75 Å². The minimum Gasteiger partial charge on any atom is -0.872 e. The lowest BCUT2D eigenvalue weighted by atomic mass is 9.86. The molecule has 3 rings (SSSR count). The molecule has 122 valence electrons. The monoisotopic (exact) mass is 332 g/mol. The Morgan fingerprint density at radius 3 is 2.61 bits per heavy atom. The van der Waals surface area contributed by atoms with Crippen LogP contribution in [0.2, 0.25) is 0 Å². The molecule has 0 aliphatic carbocycles. The van der Waals surface area contributed by atoms with Crippen LogP contribution in [0.3, 0.4) is 0 Å². The van der Waals surface area contributed by atoms with Crippen molar-refractivity contribution >= 4 is 17.2 Å². The van der Waals surface area contributed by atoms with Gasteiger partial charge >= 0.3 is 5.91 Å². The zero-order valence-corrected chi connectivity index (χ0v) is 14.8. The molecular formula is C17H20N2O3S. The molecule has 6 heteroatoms. The summed E-state index contributed by atoms with van der Waals surface area (Å²) in [5.74, 6) is 0.590. The molecule has 1 aliphatic heterocycles. The van der Waals surface area contributed by atoms with E-state index in [1.807, 2.05) is 20.8 Å². The summed E-state index contributed by atoms with van der Waals surface area (Å²) in [6, 6.07) is 0. The normalized spacial score (nSPS) is 20.0. The lowest BCUT2D eigenvalue weighted by molar-refractivity contribution is -0.637. The van der Waals surface area contributed by atoms with Gasteiger partial charge in [0, 0.05) is 11.5 Å². The van der Waals surface area contributed by atoms with Gasteiger partial charge in [-0.1, -0.05) is 22.5 Å². The number of nitrogens with zero attached hydrogens (tertiary/aromatic N) is 2. The van der Waals surface area contributed by atoms with Crippen molar-refractivity contribution in [1.82, 2.24) is 5.10 Å². The molecule has 0 amide bonds. The van der Waals surface area contributed by atoms with Gasteiger partial charge in [0.2, 0.25) is 5.60 Å². The minimum atomic E-state index is -0.966. The van der Waals surface area contributed by atoms with Crippen LogP contribution in [0.25, 0.3) is 0 Å². The van der Waals surface area contributed by atoms with Crippen LogP contribution in [0.1, 0.15) is 45.4 Å². The van der Waals surface area contributed by atoms with Crippen molar-refractivity contribution < 1.29 is 19.3 Å². The van der Waals surface area contributed by atoms with Crippen molar-refractivity contribution in [3.63, 3.8) is 0 Å². The van der Waals surface area contributed by atoms with Gasteiger partial charge in [-0.3, -0.25) is 0 Å². The molecule has 0 fully saturated rings. The van der Waals surface area contributed by atoms with E-state index in [1.165, 1.54) is 16.0 Å². The number of carbonyl (C=O) groups excluding carboxylic acids is 1. The number of hydrogen-bond acceptors (Lipinski definition) is 5. The van der Waals surface area contributed by atoms with E-state index in [9.17, 15) is 9.90 Å². The van der Waals surface area contributed by atoms with E-state index in [0.717, 1.165) is 21.7 Å². The van der Waals surface area contributed by atoms with Crippen LogP contribution < -0.4 is 14.5 Å². The van der Waals surface area contributed by atoms with Gasteiger partial charge in [-0.2, -0.15) is 0 Å². The number of benzene rings is 1. The average Bonchev–Trinajstić information content (AvgIpc) is 2.96. The molecule has 1 aromatic carbocycles. The average molecular weight is 332 g/mol. The maximum absolute atomic E-state index is 12.8. The highest BCUT2D eigenvalue weighted by Gasteiger charge is 2.47. The Labute approximate surface area is 139 Å². The van der Waals surface area contributed by atoms with E-state index in [0.29, 0.717) is 24.2 Å². The van der Waals surface area contributed by atoms with Crippen LogP contribution >= 0.6 is 11.3 Å². The van der Waals surface area contributed by atoms with E-state index >= 15 is 0 Å². The van der Waals surface area contributed by atoms with Crippen LogP contribution in [0.5, 0.6) is 11.5 Å². The molecule has 0 saturated carbocycles. The lowest BCUT2D eigenvalue weighted by Crippen LogP contribution is -2.59. The fourth-order valence-corrected chi connectivity index (χ4v) is 3.58. The summed E-state index contributed by atoms with van der Waals surface area (Å²) in [5, 5.41) is 17.3. The molecule has 0 spiro atoms. The second kappa shape index (κ2) is 5.30. The standard InChI is InChI=1S/C17H20N2O3S/c1-9-10(2)15-13(11(3)14(9)20)6-7-17(5,22-15)16(21)19-8-23-12(4)18-19/h8H,6-7H2,1-5H3. The van der Waals surface area contributed by atoms with Crippen LogP contribution in [-0.2, 0) is 6.42 Å². The smallest absolute Gasteiger partial charge is 0.461 e. The van der Waals surface area contributed by atoms with E-state index in [4.69, 9.17) is 4.74 Å². The van der Waals surface area contributed by atoms with Crippen LogP contribution in [0.15, 0.2) is 5.51 Å². The Kier molecular flexibility index (Phi) is 3.67. The Morgan fingerprint density at radius 1 is 1.30 bits per heavy atom. The number of aromatic nitrogens is 2. The quantitative estimate of drug-likeness (QED) is 0.751. The molecule has 1 aliphatic rings. The van der Waals surface area contributed by atoms with Gasteiger partial charge < -0.3 is 9.84 Å². The number of fused-ring (bicyclic) bond motifs is 1. The fraction of sp³-hybridized carbons (Fsp3) is 0.471. The fourth-order valence-electron chi connectivity index (χ4n) is 3.05. The molecule has 5 nitrogen and oxygen atoms in total. The van der Waals surface area contributed by atoms with Gasteiger partial charge in [0.25, 0.3) is 5.51 Å². The number of aryl methyl sites for hydroxylation is 1. The Bertz CT molecular complexity index is 813. The number of carbonyl (C=O) groups is 1. The van der Waals surface area contributed by atoms with Crippen LogP contribution in [-0.4, -0.2) is 16.6 Å². The maximum atomic E-state index is 12.8. The van der Waals surface area contributed by atoms with Gasteiger partial charge in [0.15, 0.2) is 5.01 Å². The third-order valence-corrected chi connectivity index (χ3v) is 5.45. The van der Waals surface area contributed by atoms with E-state index in [-0.39, 0.29) is 11.7 Å². The SMILES string of the molecule is Cc1n[n+](C(=O)C2(C)CCc3c(C)c([O-])c(C)c(C)c3O2)cs1. The molecule has 1 atom stereocenters. The van der Waals surface area contributed by atoms with Crippen molar-refractivity contribution in [1.29, 1.82) is 0 Å². The third-order valence-electron chi connectivity index (χ3n) is 4.72. The predicted octanol–water partition coefficient (Wildman–Crippen LogP) is 2.16. The molecule has 0 saturated heterocycles. The van der Waals surface area contributed by atoms with Crippen molar-refractivity contribution in [2.75, 3.05) is 0 Å². The molecule has 1 aromatic heterocycles. The highest BCUT2D eigenvalue weighted by Crippen LogP contribution is 2.42. The molecule has 0 radical (unpaired) electrons. The summed E-state index contributed by atoms with van der Waals surface area (Å²) in [6.45, 7) is 9.18. The van der Waals surface area contributed by atoms with Crippen LogP contribution in [0, 0.1) is 27.7 Å². The molecule has 2 aromatic rings. The van der Waals surface area contributed by atoms with E-state index in [2.05, 4.69) is 5.10 Å². The lowest BCUT2D eigenvalue weighted by Gasteiger charge is -2.35. The molecular weight excluding hydrogens is 312 g/mol. The second-order valence-electron chi connectivity index (χ2n) is 6.34.